The van der Waals surface area contributed by atoms with Gasteiger partial charge in [0.2, 0.25) is 9.60 Å². The number of aryl methyl sites for hydroxylation is 2. The Kier molecular flexibility index (Phi) is 7.58. The van der Waals surface area contributed by atoms with E-state index in [2.05, 4.69) is 10.2 Å². The van der Waals surface area contributed by atoms with Gasteiger partial charge in [-0.2, -0.15) is 16.8 Å². The van der Waals surface area contributed by atoms with E-state index in [4.69, 9.17) is 8.92 Å². The van der Waals surface area contributed by atoms with E-state index in [9.17, 15) is 21.4 Å². The Morgan fingerprint density at radius 3 is 1.77 bits per heavy atom. The predicted octanol–water partition coefficient (Wildman–Crippen LogP) is 4.20. The van der Waals surface area contributed by atoms with Crippen molar-refractivity contribution in [3.05, 3.63) is 70.3 Å². The number of hydrogen-bond acceptors (Lipinski definition) is 10. The monoisotopic (exact) mass is 620 g/mol. The molecule has 0 saturated carbocycles. The lowest BCUT2D eigenvalue weighted by molar-refractivity contribution is 0.390. The van der Waals surface area contributed by atoms with Crippen LogP contribution in [0.15, 0.2) is 80.7 Å². The van der Waals surface area contributed by atoms with Crippen LogP contribution >= 0.6 is 22.7 Å². The van der Waals surface area contributed by atoms with Crippen LogP contribution in [0.4, 0.5) is 0 Å². The first kappa shape index (κ1) is 28.0. The quantitative estimate of drug-likeness (QED) is 0.156. The third kappa shape index (κ3) is 5.30. The molecule has 0 aliphatic carbocycles. The fourth-order valence-corrected chi connectivity index (χ4v) is 7.92. The summed E-state index contributed by atoms with van der Waals surface area (Å²) in [6.45, 7) is 5.01. The second kappa shape index (κ2) is 10.8. The van der Waals surface area contributed by atoms with Gasteiger partial charge in [0.25, 0.3) is 10.1 Å². The zero-order chi connectivity index (χ0) is 28.7. The molecule has 0 aliphatic rings. The van der Waals surface area contributed by atoms with Crippen molar-refractivity contribution < 1.29 is 30.3 Å². The second-order valence-corrected chi connectivity index (χ2v) is 13.4. The lowest BCUT2D eigenvalue weighted by Crippen LogP contribution is -2.16. The maximum absolute atomic E-state index is 13.1. The van der Waals surface area contributed by atoms with E-state index < -0.39 is 20.2 Å². The molecule has 0 aliphatic heterocycles. The molecule has 2 heterocycles. The Labute approximate surface area is 237 Å². The van der Waals surface area contributed by atoms with Gasteiger partial charge in [0.05, 0.1) is 32.4 Å². The SMILES string of the molecule is CCn1c(=NN=c2sc3cc(S(=O)(=O)Oc4ccccc4OC)ccc3n2CC)sc2cc(S(=O)(=O)O)ccc21. The first-order chi connectivity index (χ1) is 19.1. The lowest BCUT2D eigenvalue weighted by atomic mass is 10.3. The van der Waals surface area contributed by atoms with Gasteiger partial charge in [-0.3, -0.25) is 4.55 Å². The van der Waals surface area contributed by atoms with Crippen LogP contribution in [0.25, 0.3) is 20.4 Å². The molecule has 0 fully saturated rings. The van der Waals surface area contributed by atoms with E-state index in [0.29, 0.717) is 37.8 Å². The van der Waals surface area contributed by atoms with Crippen molar-refractivity contribution in [2.24, 2.45) is 10.2 Å². The molecule has 5 rings (SSSR count). The van der Waals surface area contributed by atoms with Crippen molar-refractivity contribution in [1.29, 1.82) is 0 Å². The van der Waals surface area contributed by atoms with Gasteiger partial charge in [0.1, 0.15) is 4.90 Å². The van der Waals surface area contributed by atoms with Crippen LogP contribution in [0.5, 0.6) is 11.5 Å². The fourth-order valence-electron chi connectivity index (χ4n) is 4.13. The number of para-hydroxylation sites is 2. The van der Waals surface area contributed by atoms with Crippen molar-refractivity contribution in [1.82, 2.24) is 9.13 Å². The third-order valence-corrected chi connectivity index (χ3v) is 10.2. The minimum atomic E-state index is -4.34. The van der Waals surface area contributed by atoms with Crippen molar-refractivity contribution in [2.45, 2.75) is 36.7 Å². The highest BCUT2D eigenvalue weighted by molar-refractivity contribution is 7.87. The average Bonchev–Trinajstić information content (AvgIpc) is 3.47. The minimum absolute atomic E-state index is 0.0122. The van der Waals surface area contributed by atoms with Crippen molar-refractivity contribution in [3.8, 4) is 11.5 Å². The summed E-state index contributed by atoms with van der Waals surface area (Å²) in [4.78, 5) is 0.888. The van der Waals surface area contributed by atoms with Gasteiger partial charge in [-0.15, -0.1) is 10.2 Å². The van der Waals surface area contributed by atoms with Gasteiger partial charge in [0, 0.05) is 13.1 Å². The lowest BCUT2D eigenvalue weighted by Gasteiger charge is -2.10. The summed E-state index contributed by atoms with van der Waals surface area (Å²) in [6.07, 6.45) is 0. The van der Waals surface area contributed by atoms with E-state index in [0.717, 1.165) is 11.0 Å². The molecule has 0 bridgehead atoms. The molecule has 0 atom stereocenters. The number of rotatable bonds is 8. The van der Waals surface area contributed by atoms with Gasteiger partial charge in [-0.1, -0.05) is 34.8 Å². The number of benzene rings is 3. The van der Waals surface area contributed by atoms with Gasteiger partial charge in [-0.25, -0.2) is 0 Å². The van der Waals surface area contributed by atoms with Crippen molar-refractivity contribution in [2.75, 3.05) is 7.11 Å². The highest BCUT2D eigenvalue weighted by Crippen LogP contribution is 2.30. The highest BCUT2D eigenvalue weighted by atomic mass is 32.2. The molecule has 40 heavy (non-hydrogen) atoms. The zero-order valence-electron chi connectivity index (χ0n) is 21.5. The molecule has 5 aromatic rings. The largest absolute Gasteiger partial charge is 0.493 e. The van der Waals surface area contributed by atoms with Crippen LogP contribution in [0, 0.1) is 0 Å². The molecular weight excluding hydrogens is 597 g/mol. The summed E-state index contributed by atoms with van der Waals surface area (Å²) in [5.41, 5.74) is 1.55. The van der Waals surface area contributed by atoms with Crippen LogP contribution in [-0.4, -0.2) is 37.6 Å². The molecule has 3 aromatic carbocycles. The Balaban J connectivity index is 1.59. The van der Waals surface area contributed by atoms with E-state index in [1.165, 1.54) is 54.0 Å². The van der Waals surface area contributed by atoms with Gasteiger partial charge in [0.15, 0.2) is 11.5 Å². The number of fused-ring (bicyclic) bond motifs is 2. The standard InChI is InChI=1S/C25H24N4O7S4/c1-4-28-18-12-10-16(39(30,31)32)14-22(18)37-24(28)26-27-25-29(5-2)19-13-11-17(15-23(19)38-25)40(33,34)36-21-9-7-6-8-20(21)35-3/h6-15H,4-5H2,1-3H3,(H,30,31,32). The van der Waals surface area contributed by atoms with Crippen LogP contribution in [-0.2, 0) is 33.3 Å². The van der Waals surface area contributed by atoms with Gasteiger partial charge < -0.3 is 18.1 Å². The summed E-state index contributed by atoms with van der Waals surface area (Å²) in [5, 5.41) is 8.93. The van der Waals surface area contributed by atoms with E-state index in [-0.39, 0.29) is 15.5 Å². The van der Waals surface area contributed by atoms with E-state index >= 15 is 0 Å². The van der Waals surface area contributed by atoms with E-state index in [1.54, 1.807) is 36.4 Å². The van der Waals surface area contributed by atoms with Crippen molar-refractivity contribution >= 4 is 63.3 Å². The van der Waals surface area contributed by atoms with Gasteiger partial charge >= 0.3 is 10.1 Å². The smallest absolute Gasteiger partial charge is 0.339 e. The zero-order valence-corrected chi connectivity index (χ0v) is 24.8. The number of methoxy groups -OCH3 is 1. The summed E-state index contributed by atoms with van der Waals surface area (Å²) in [6, 6.07) is 15.6. The predicted molar refractivity (Wildman–Crippen MR) is 153 cm³/mol. The Morgan fingerprint density at radius 2 is 1.27 bits per heavy atom. The minimum Gasteiger partial charge on any atom is -0.493 e. The molecule has 0 saturated heterocycles. The second-order valence-electron chi connectivity index (χ2n) is 8.38. The fraction of sp³-hybridized carbons (Fsp3) is 0.200. The van der Waals surface area contributed by atoms with E-state index in [1.807, 2.05) is 23.0 Å². The summed E-state index contributed by atoms with van der Waals surface area (Å²) < 4.78 is 74.3. The summed E-state index contributed by atoms with van der Waals surface area (Å²) in [5.74, 6) is 0.389. The number of hydrogen-bond donors (Lipinski definition) is 1. The third-order valence-electron chi connectivity index (χ3n) is 6.02. The maximum atomic E-state index is 13.1. The maximum Gasteiger partial charge on any atom is 0.339 e. The van der Waals surface area contributed by atoms with Crippen molar-refractivity contribution in [3.63, 3.8) is 0 Å². The normalized spacial score (nSPS) is 13.4. The summed E-state index contributed by atoms with van der Waals surface area (Å²) >= 11 is 2.52. The first-order valence-corrected chi connectivity index (χ1v) is 16.4. The summed E-state index contributed by atoms with van der Waals surface area (Å²) in [7, 11) is -7.04. The molecule has 1 N–H and O–H groups in total. The highest BCUT2D eigenvalue weighted by Gasteiger charge is 2.20. The Bertz CT molecular complexity index is 2100. The molecule has 0 spiro atoms. The number of nitrogens with zero attached hydrogens (tertiary/aromatic N) is 4. The molecule has 0 radical (unpaired) electrons. The topological polar surface area (TPSA) is 142 Å². The molecule has 15 heteroatoms. The van der Waals surface area contributed by atoms with Gasteiger partial charge in [-0.05, 0) is 62.4 Å². The average molecular weight is 621 g/mol. The number of ether oxygens (including phenoxy) is 1. The van der Waals surface area contributed by atoms with Crippen LogP contribution in [0.3, 0.4) is 0 Å². The molecular formula is C25H24N4O7S4. The Morgan fingerprint density at radius 1 is 0.775 bits per heavy atom. The van der Waals surface area contributed by atoms with Crippen LogP contribution in [0.2, 0.25) is 0 Å². The number of aromatic nitrogens is 2. The molecule has 0 unspecified atom stereocenters. The molecule has 0 amide bonds. The van der Waals surface area contributed by atoms with Crippen LogP contribution < -0.4 is 18.5 Å². The number of thiazole rings is 2. The Hall–Kier alpha value is -3.50. The van der Waals surface area contributed by atoms with Crippen LogP contribution in [0.1, 0.15) is 13.8 Å². The first-order valence-electron chi connectivity index (χ1n) is 11.9. The molecule has 2 aromatic heterocycles. The molecule has 11 nitrogen and oxygen atoms in total. The molecule has 210 valence electrons.